The fourth-order valence-electron chi connectivity index (χ4n) is 3.72. The molecule has 3 rings (SSSR count). The lowest BCUT2D eigenvalue weighted by Crippen LogP contribution is -2.54. The molecular formula is C18H26ClN3O. The average molecular weight is 336 g/mol. The highest BCUT2D eigenvalue weighted by atomic mass is 35.5. The SMILES string of the molecule is C[C@H](CN1CCC(N2CCCNC2=O)CC1)c1cccc(Cl)c1. The molecule has 0 bridgehead atoms. The van der Waals surface area contributed by atoms with Gasteiger partial charge in [-0.3, -0.25) is 0 Å². The number of piperidine rings is 1. The third kappa shape index (κ3) is 4.18. The Morgan fingerprint density at radius 1 is 1.30 bits per heavy atom. The molecule has 0 saturated carbocycles. The molecule has 0 spiro atoms. The summed E-state index contributed by atoms with van der Waals surface area (Å²) in [5, 5.41) is 3.77. The molecule has 1 aromatic carbocycles. The van der Waals surface area contributed by atoms with Crippen LogP contribution in [0.1, 0.15) is 37.7 Å². The minimum absolute atomic E-state index is 0.127. The summed E-state index contributed by atoms with van der Waals surface area (Å²) in [5.41, 5.74) is 1.30. The molecule has 2 amide bonds. The second kappa shape index (κ2) is 7.54. The Morgan fingerprint density at radius 3 is 2.78 bits per heavy atom. The first kappa shape index (κ1) is 16.6. The molecule has 0 unspecified atom stereocenters. The number of carbonyl (C=O) groups is 1. The Morgan fingerprint density at radius 2 is 2.09 bits per heavy atom. The third-order valence-corrected chi connectivity index (χ3v) is 5.30. The predicted octanol–water partition coefficient (Wildman–Crippen LogP) is 3.32. The summed E-state index contributed by atoms with van der Waals surface area (Å²) in [4.78, 5) is 16.5. The molecule has 126 valence electrons. The number of rotatable bonds is 4. The van der Waals surface area contributed by atoms with E-state index in [9.17, 15) is 4.79 Å². The van der Waals surface area contributed by atoms with E-state index in [2.05, 4.69) is 29.3 Å². The van der Waals surface area contributed by atoms with E-state index < -0.39 is 0 Å². The quantitative estimate of drug-likeness (QED) is 0.916. The van der Waals surface area contributed by atoms with Gasteiger partial charge in [0.05, 0.1) is 0 Å². The first-order valence-corrected chi connectivity index (χ1v) is 9.03. The van der Waals surface area contributed by atoms with Gasteiger partial charge in [0.25, 0.3) is 0 Å². The van der Waals surface area contributed by atoms with Gasteiger partial charge in [-0.05, 0) is 42.9 Å². The van der Waals surface area contributed by atoms with Crippen molar-refractivity contribution in [2.45, 2.75) is 38.1 Å². The zero-order chi connectivity index (χ0) is 16.2. The summed E-state index contributed by atoms with van der Waals surface area (Å²) in [5.74, 6) is 0.475. The smallest absolute Gasteiger partial charge is 0.317 e. The van der Waals surface area contributed by atoms with E-state index >= 15 is 0 Å². The zero-order valence-electron chi connectivity index (χ0n) is 13.8. The highest BCUT2D eigenvalue weighted by molar-refractivity contribution is 6.30. The van der Waals surface area contributed by atoms with Crippen LogP contribution in [0.15, 0.2) is 24.3 Å². The number of amides is 2. The van der Waals surface area contributed by atoms with E-state index in [1.165, 1.54) is 5.56 Å². The Bertz CT molecular complexity index is 543. The molecular weight excluding hydrogens is 310 g/mol. The lowest BCUT2D eigenvalue weighted by molar-refractivity contribution is 0.109. The van der Waals surface area contributed by atoms with Crippen molar-refractivity contribution in [3.05, 3.63) is 34.9 Å². The molecule has 0 aliphatic carbocycles. The highest BCUT2D eigenvalue weighted by Crippen LogP contribution is 2.23. The van der Waals surface area contributed by atoms with E-state index in [0.717, 1.165) is 57.0 Å². The zero-order valence-corrected chi connectivity index (χ0v) is 14.6. The normalized spacial score (nSPS) is 22.0. The molecule has 2 heterocycles. The van der Waals surface area contributed by atoms with Gasteiger partial charge in [0.1, 0.15) is 0 Å². The lowest BCUT2D eigenvalue weighted by atomic mass is 9.97. The molecule has 2 aliphatic heterocycles. The number of urea groups is 1. The van der Waals surface area contributed by atoms with Crippen molar-refractivity contribution in [2.24, 2.45) is 0 Å². The maximum absolute atomic E-state index is 12.0. The van der Waals surface area contributed by atoms with E-state index in [-0.39, 0.29) is 6.03 Å². The summed E-state index contributed by atoms with van der Waals surface area (Å²) in [7, 11) is 0. The summed E-state index contributed by atoms with van der Waals surface area (Å²) in [6.07, 6.45) is 3.23. The fourth-order valence-corrected chi connectivity index (χ4v) is 3.91. The van der Waals surface area contributed by atoms with Gasteiger partial charge < -0.3 is 15.1 Å². The Labute approximate surface area is 143 Å². The van der Waals surface area contributed by atoms with Crippen LogP contribution >= 0.6 is 11.6 Å². The molecule has 1 aromatic rings. The van der Waals surface area contributed by atoms with Crippen LogP contribution in [0.4, 0.5) is 4.79 Å². The highest BCUT2D eigenvalue weighted by Gasteiger charge is 2.29. The van der Waals surface area contributed by atoms with E-state index in [4.69, 9.17) is 11.6 Å². The number of hydrogen-bond acceptors (Lipinski definition) is 2. The first-order valence-electron chi connectivity index (χ1n) is 8.66. The number of benzene rings is 1. The molecule has 1 atom stereocenters. The molecule has 0 aromatic heterocycles. The van der Waals surface area contributed by atoms with Crippen LogP contribution < -0.4 is 5.32 Å². The molecule has 2 aliphatic rings. The van der Waals surface area contributed by atoms with Crippen LogP contribution in [-0.4, -0.2) is 54.6 Å². The largest absolute Gasteiger partial charge is 0.338 e. The Hall–Kier alpha value is -1.26. The lowest BCUT2D eigenvalue weighted by Gasteiger charge is -2.40. The Kier molecular flexibility index (Phi) is 5.44. The number of nitrogens with one attached hydrogen (secondary N) is 1. The maximum Gasteiger partial charge on any atom is 0.317 e. The fraction of sp³-hybridized carbons (Fsp3) is 0.611. The molecule has 1 N–H and O–H groups in total. The van der Waals surface area contributed by atoms with Crippen LogP contribution in [0, 0.1) is 0 Å². The van der Waals surface area contributed by atoms with Gasteiger partial charge in [-0.2, -0.15) is 0 Å². The molecule has 0 radical (unpaired) electrons. The van der Waals surface area contributed by atoms with Crippen molar-refractivity contribution >= 4 is 17.6 Å². The van der Waals surface area contributed by atoms with Crippen LogP contribution in [-0.2, 0) is 0 Å². The number of halogens is 1. The minimum Gasteiger partial charge on any atom is -0.338 e. The molecule has 4 nitrogen and oxygen atoms in total. The van der Waals surface area contributed by atoms with Gasteiger partial charge in [0.15, 0.2) is 0 Å². The number of nitrogens with zero attached hydrogens (tertiary/aromatic N) is 2. The third-order valence-electron chi connectivity index (χ3n) is 5.06. The van der Waals surface area contributed by atoms with Crippen LogP contribution in [0.5, 0.6) is 0 Å². The summed E-state index contributed by atoms with van der Waals surface area (Å²) in [6.45, 7) is 7.19. The Balaban J connectivity index is 1.50. The van der Waals surface area contributed by atoms with Crippen molar-refractivity contribution < 1.29 is 4.79 Å². The van der Waals surface area contributed by atoms with E-state index in [1.807, 2.05) is 17.0 Å². The minimum atomic E-state index is 0.127. The number of carbonyl (C=O) groups excluding carboxylic acids is 1. The van der Waals surface area contributed by atoms with E-state index in [0.29, 0.717) is 12.0 Å². The van der Waals surface area contributed by atoms with Crippen LogP contribution in [0.3, 0.4) is 0 Å². The molecule has 2 fully saturated rings. The van der Waals surface area contributed by atoms with Crippen molar-refractivity contribution in [1.82, 2.24) is 15.1 Å². The van der Waals surface area contributed by atoms with Gasteiger partial charge >= 0.3 is 6.03 Å². The number of hydrogen-bond donors (Lipinski definition) is 1. The summed E-state index contributed by atoms with van der Waals surface area (Å²) < 4.78 is 0. The average Bonchev–Trinajstić information content (AvgIpc) is 2.56. The van der Waals surface area contributed by atoms with Crippen molar-refractivity contribution in [1.29, 1.82) is 0 Å². The van der Waals surface area contributed by atoms with Crippen LogP contribution in [0.25, 0.3) is 0 Å². The molecule has 2 saturated heterocycles. The van der Waals surface area contributed by atoms with Crippen molar-refractivity contribution in [3.8, 4) is 0 Å². The van der Waals surface area contributed by atoms with Crippen molar-refractivity contribution in [3.63, 3.8) is 0 Å². The van der Waals surface area contributed by atoms with Gasteiger partial charge in [0.2, 0.25) is 0 Å². The monoisotopic (exact) mass is 335 g/mol. The van der Waals surface area contributed by atoms with Gasteiger partial charge in [-0.15, -0.1) is 0 Å². The van der Waals surface area contributed by atoms with E-state index in [1.54, 1.807) is 0 Å². The van der Waals surface area contributed by atoms with Gasteiger partial charge in [-0.1, -0.05) is 30.7 Å². The first-order chi connectivity index (χ1) is 11.1. The molecule has 23 heavy (non-hydrogen) atoms. The summed E-state index contributed by atoms with van der Waals surface area (Å²) >= 11 is 6.09. The second-order valence-corrected chi connectivity index (χ2v) is 7.20. The topological polar surface area (TPSA) is 35.6 Å². The number of likely N-dealkylation sites (tertiary alicyclic amines) is 1. The second-order valence-electron chi connectivity index (χ2n) is 6.77. The van der Waals surface area contributed by atoms with Crippen LogP contribution in [0.2, 0.25) is 5.02 Å². The standard InChI is InChI=1S/C18H26ClN3O/c1-14(15-4-2-5-16(19)12-15)13-21-10-6-17(7-11-21)22-9-3-8-20-18(22)23/h2,4-5,12,14,17H,3,6-11,13H2,1H3,(H,20,23)/t14-/m1/s1. The van der Waals surface area contributed by atoms with Gasteiger partial charge in [0, 0.05) is 43.8 Å². The maximum atomic E-state index is 12.0. The molecule has 5 heteroatoms. The summed E-state index contributed by atoms with van der Waals surface area (Å²) in [6, 6.07) is 8.70. The van der Waals surface area contributed by atoms with Crippen molar-refractivity contribution in [2.75, 3.05) is 32.7 Å². The predicted molar refractivity (Wildman–Crippen MR) is 94.1 cm³/mol. The van der Waals surface area contributed by atoms with Gasteiger partial charge in [-0.25, -0.2) is 4.79 Å².